The van der Waals surface area contributed by atoms with Crippen molar-refractivity contribution in [3.63, 3.8) is 0 Å². The summed E-state index contributed by atoms with van der Waals surface area (Å²) in [5.41, 5.74) is 3.06. The van der Waals surface area contributed by atoms with E-state index in [1.807, 2.05) is 24.3 Å². The number of rotatable bonds is 7. The summed E-state index contributed by atoms with van der Waals surface area (Å²) in [6.45, 7) is 4.84. The zero-order valence-corrected chi connectivity index (χ0v) is 15.7. The Morgan fingerprint density at radius 1 is 1.35 bits per heavy atom. The molecule has 3 aromatic heterocycles. The molecule has 0 fully saturated rings. The second-order valence-corrected chi connectivity index (χ2v) is 6.77. The highest BCUT2D eigenvalue weighted by molar-refractivity contribution is 7.09. The van der Waals surface area contributed by atoms with Gasteiger partial charge in [0.1, 0.15) is 22.2 Å². The average Bonchev–Trinajstić information content (AvgIpc) is 3.29. The van der Waals surface area contributed by atoms with Gasteiger partial charge in [0.2, 0.25) is 0 Å². The highest BCUT2D eigenvalue weighted by atomic mass is 32.1. The number of aryl methyl sites for hydroxylation is 2. The lowest BCUT2D eigenvalue weighted by Crippen LogP contribution is -2.23. The number of aromatic nitrogens is 4. The number of nitrogens with one attached hydrogen (secondary N) is 1. The summed E-state index contributed by atoms with van der Waals surface area (Å²) in [7, 11) is 1.89. The molecular formula is C17H20N6O2S. The van der Waals surface area contributed by atoms with Crippen LogP contribution in [-0.2, 0) is 19.5 Å². The van der Waals surface area contributed by atoms with Gasteiger partial charge in [-0.1, -0.05) is 17.2 Å². The van der Waals surface area contributed by atoms with Gasteiger partial charge >= 0.3 is 0 Å². The molecule has 0 bridgehead atoms. The Morgan fingerprint density at radius 2 is 2.19 bits per heavy atom. The Labute approximate surface area is 155 Å². The lowest BCUT2D eigenvalue weighted by atomic mass is 10.2. The Balaban J connectivity index is 1.57. The Bertz CT molecular complexity index is 874. The smallest absolute Gasteiger partial charge is 0.253 e. The number of pyridine rings is 1. The number of hydrogen-bond acceptors (Lipinski definition) is 8. The number of nitrogens with zero attached hydrogens (tertiary/aromatic N) is 5. The van der Waals surface area contributed by atoms with Crippen LogP contribution in [0.5, 0.6) is 0 Å². The van der Waals surface area contributed by atoms with E-state index in [1.54, 1.807) is 29.7 Å². The number of anilines is 1. The van der Waals surface area contributed by atoms with Gasteiger partial charge < -0.3 is 10.2 Å². The first kappa shape index (κ1) is 18.0. The molecule has 0 aliphatic rings. The van der Waals surface area contributed by atoms with Gasteiger partial charge in [0.05, 0.1) is 24.3 Å². The van der Waals surface area contributed by atoms with Gasteiger partial charge in [-0.3, -0.25) is 4.79 Å². The summed E-state index contributed by atoms with van der Waals surface area (Å²) in [6, 6.07) is 3.55. The normalized spacial score (nSPS) is 10.7. The standard InChI is InChI=1S/C17H20N6O2S/c1-4-13-10-26-16(20-13)8-19-17(24)12-5-6-15(18-7-12)23(3)9-14-11(2)21-25-22-14/h5-7,10H,4,8-9H2,1-3H3,(H,19,24). The largest absolute Gasteiger partial charge is 0.354 e. The van der Waals surface area contributed by atoms with Crippen molar-refractivity contribution in [2.24, 2.45) is 0 Å². The van der Waals surface area contributed by atoms with E-state index in [2.05, 4.69) is 32.5 Å². The second-order valence-electron chi connectivity index (χ2n) is 5.83. The molecule has 0 spiro atoms. The molecule has 0 saturated heterocycles. The highest BCUT2D eigenvalue weighted by Gasteiger charge is 2.12. The van der Waals surface area contributed by atoms with Gasteiger partial charge in [-0.25, -0.2) is 14.6 Å². The first-order chi connectivity index (χ1) is 12.6. The van der Waals surface area contributed by atoms with E-state index < -0.39 is 0 Å². The summed E-state index contributed by atoms with van der Waals surface area (Å²) in [5, 5.41) is 13.4. The first-order valence-corrected chi connectivity index (χ1v) is 9.11. The lowest BCUT2D eigenvalue weighted by Gasteiger charge is -2.16. The van der Waals surface area contributed by atoms with Gasteiger partial charge in [0.25, 0.3) is 5.91 Å². The third-order valence-electron chi connectivity index (χ3n) is 3.90. The van der Waals surface area contributed by atoms with Gasteiger partial charge in [0.15, 0.2) is 0 Å². The number of thiazole rings is 1. The molecule has 1 amide bonds. The number of carbonyl (C=O) groups excluding carboxylic acids is 1. The molecule has 26 heavy (non-hydrogen) atoms. The van der Waals surface area contributed by atoms with Crippen molar-refractivity contribution in [3.8, 4) is 0 Å². The maximum Gasteiger partial charge on any atom is 0.253 e. The summed E-state index contributed by atoms with van der Waals surface area (Å²) in [5.74, 6) is 0.563. The summed E-state index contributed by atoms with van der Waals surface area (Å²) < 4.78 is 4.70. The van der Waals surface area contributed by atoms with Crippen LogP contribution >= 0.6 is 11.3 Å². The monoisotopic (exact) mass is 372 g/mol. The van der Waals surface area contributed by atoms with E-state index in [0.29, 0.717) is 18.7 Å². The van der Waals surface area contributed by atoms with E-state index in [0.717, 1.165) is 34.3 Å². The fourth-order valence-electron chi connectivity index (χ4n) is 2.30. The van der Waals surface area contributed by atoms with Crippen molar-refractivity contribution in [2.75, 3.05) is 11.9 Å². The minimum Gasteiger partial charge on any atom is -0.354 e. The van der Waals surface area contributed by atoms with Crippen LogP contribution in [0.15, 0.2) is 28.3 Å². The van der Waals surface area contributed by atoms with Crippen LogP contribution in [0.1, 0.15) is 39.4 Å². The zero-order valence-electron chi connectivity index (χ0n) is 14.9. The quantitative estimate of drug-likeness (QED) is 0.680. The molecule has 136 valence electrons. The molecule has 0 aliphatic carbocycles. The van der Waals surface area contributed by atoms with Crippen molar-refractivity contribution in [1.29, 1.82) is 0 Å². The molecule has 0 aliphatic heterocycles. The van der Waals surface area contributed by atoms with E-state index in [1.165, 1.54) is 0 Å². The Hall–Kier alpha value is -2.81. The van der Waals surface area contributed by atoms with Crippen molar-refractivity contribution < 1.29 is 9.42 Å². The van der Waals surface area contributed by atoms with Gasteiger partial charge in [-0.05, 0) is 25.5 Å². The average molecular weight is 372 g/mol. The van der Waals surface area contributed by atoms with Crippen LogP contribution < -0.4 is 10.2 Å². The SMILES string of the molecule is CCc1csc(CNC(=O)c2ccc(N(C)Cc3nonc3C)nc2)n1. The van der Waals surface area contributed by atoms with Crippen LogP contribution in [0.25, 0.3) is 0 Å². The molecule has 1 N–H and O–H groups in total. The second kappa shape index (κ2) is 8.05. The molecule has 0 aromatic carbocycles. The molecule has 3 aromatic rings. The molecule has 3 rings (SSSR count). The number of amides is 1. The minimum atomic E-state index is -0.170. The predicted octanol–water partition coefficient (Wildman–Crippen LogP) is 2.36. The van der Waals surface area contributed by atoms with Gasteiger partial charge in [0, 0.05) is 18.6 Å². The predicted molar refractivity (Wildman–Crippen MR) is 98.0 cm³/mol. The third-order valence-corrected chi connectivity index (χ3v) is 4.79. The number of hydrogen-bond donors (Lipinski definition) is 1. The topological polar surface area (TPSA) is 97.0 Å². The fourth-order valence-corrected chi connectivity index (χ4v) is 3.11. The number of carbonyl (C=O) groups is 1. The summed E-state index contributed by atoms with van der Waals surface area (Å²) >= 11 is 1.55. The molecule has 0 saturated carbocycles. The Morgan fingerprint density at radius 3 is 2.81 bits per heavy atom. The van der Waals surface area contributed by atoms with Crippen LogP contribution in [0.2, 0.25) is 0 Å². The van der Waals surface area contributed by atoms with Crippen molar-refractivity contribution >= 4 is 23.1 Å². The molecular weight excluding hydrogens is 352 g/mol. The van der Waals surface area contributed by atoms with E-state index in [-0.39, 0.29) is 5.91 Å². The van der Waals surface area contributed by atoms with Crippen molar-refractivity contribution in [3.05, 3.63) is 51.4 Å². The van der Waals surface area contributed by atoms with E-state index >= 15 is 0 Å². The van der Waals surface area contributed by atoms with Crippen LogP contribution in [-0.4, -0.2) is 33.2 Å². The molecule has 0 radical (unpaired) electrons. The van der Waals surface area contributed by atoms with Gasteiger partial charge in [-0.15, -0.1) is 11.3 Å². The van der Waals surface area contributed by atoms with Crippen LogP contribution in [0.3, 0.4) is 0 Å². The molecule has 3 heterocycles. The van der Waals surface area contributed by atoms with E-state index in [9.17, 15) is 4.79 Å². The molecule has 9 heteroatoms. The highest BCUT2D eigenvalue weighted by Crippen LogP contribution is 2.14. The molecule has 0 unspecified atom stereocenters. The molecule has 8 nitrogen and oxygen atoms in total. The van der Waals surface area contributed by atoms with Crippen LogP contribution in [0.4, 0.5) is 5.82 Å². The maximum atomic E-state index is 12.3. The summed E-state index contributed by atoms with van der Waals surface area (Å²) in [4.78, 5) is 23.0. The van der Waals surface area contributed by atoms with Crippen molar-refractivity contribution in [2.45, 2.75) is 33.4 Å². The third kappa shape index (κ3) is 4.23. The maximum absolute atomic E-state index is 12.3. The fraction of sp³-hybridized carbons (Fsp3) is 0.353. The van der Waals surface area contributed by atoms with Crippen LogP contribution in [0, 0.1) is 6.92 Å². The summed E-state index contributed by atoms with van der Waals surface area (Å²) in [6.07, 6.45) is 2.46. The first-order valence-electron chi connectivity index (χ1n) is 8.23. The van der Waals surface area contributed by atoms with Crippen molar-refractivity contribution in [1.82, 2.24) is 25.6 Å². The lowest BCUT2D eigenvalue weighted by molar-refractivity contribution is 0.0950. The zero-order chi connectivity index (χ0) is 18.5. The molecule has 0 atom stereocenters. The van der Waals surface area contributed by atoms with E-state index in [4.69, 9.17) is 4.63 Å². The Kier molecular flexibility index (Phi) is 5.57. The minimum absolute atomic E-state index is 0.170. The van der Waals surface area contributed by atoms with Gasteiger partial charge in [-0.2, -0.15) is 0 Å².